The second kappa shape index (κ2) is 4.32. The Morgan fingerprint density at radius 2 is 2.07 bits per heavy atom. The molecule has 2 rings (SSSR count). The van der Waals surface area contributed by atoms with Gasteiger partial charge < -0.3 is 5.32 Å². The lowest BCUT2D eigenvalue weighted by Crippen LogP contribution is -2.47. The van der Waals surface area contributed by atoms with Crippen molar-refractivity contribution < 1.29 is 0 Å². The van der Waals surface area contributed by atoms with Crippen LogP contribution in [0.25, 0.3) is 0 Å². The maximum absolute atomic E-state index is 6.11. The standard InChI is InChI=1S/C12H15Cl2N/c1-12(6-3-7-12)15-8-9-4-2-5-10(13)11(9)14/h2,4-5,15H,3,6-8H2,1H3. The van der Waals surface area contributed by atoms with Gasteiger partial charge in [-0.15, -0.1) is 0 Å². The van der Waals surface area contributed by atoms with Crippen LogP contribution in [-0.2, 0) is 6.54 Å². The minimum Gasteiger partial charge on any atom is -0.307 e. The summed E-state index contributed by atoms with van der Waals surface area (Å²) >= 11 is 12.1. The minimum absolute atomic E-state index is 0.311. The first-order valence-corrected chi connectivity index (χ1v) is 6.04. The van der Waals surface area contributed by atoms with Gasteiger partial charge in [0.1, 0.15) is 0 Å². The minimum atomic E-state index is 0.311. The summed E-state index contributed by atoms with van der Waals surface area (Å²) in [5, 5.41) is 4.85. The quantitative estimate of drug-likeness (QED) is 0.846. The van der Waals surface area contributed by atoms with Gasteiger partial charge in [-0.3, -0.25) is 0 Å². The molecule has 1 aromatic rings. The molecule has 82 valence electrons. The lowest BCUT2D eigenvalue weighted by molar-refractivity contribution is 0.207. The van der Waals surface area contributed by atoms with E-state index in [9.17, 15) is 0 Å². The molecular weight excluding hydrogens is 229 g/mol. The highest BCUT2D eigenvalue weighted by Crippen LogP contribution is 2.32. The highest BCUT2D eigenvalue weighted by atomic mass is 35.5. The number of hydrogen-bond acceptors (Lipinski definition) is 1. The Balaban J connectivity index is 2.01. The molecule has 15 heavy (non-hydrogen) atoms. The monoisotopic (exact) mass is 243 g/mol. The fourth-order valence-electron chi connectivity index (χ4n) is 1.88. The fourth-order valence-corrected chi connectivity index (χ4v) is 2.26. The van der Waals surface area contributed by atoms with E-state index in [2.05, 4.69) is 12.2 Å². The van der Waals surface area contributed by atoms with Crippen LogP contribution in [-0.4, -0.2) is 5.54 Å². The van der Waals surface area contributed by atoms with E-state index in [1.54, 1.807) is 0 Å². The van der Waals surface area contributed by atoms with E-state index in [-0.39, 0.29) is 0 Å². The van der Waals surface area contributed by atoms with Crippen LogP contribution in [0.3, 0.4) is 0 Å². The molecule has 1 aromatic carbocycles. The first-order chi connectivity index (χ1) is 7.11. The highest BCUT2D eigenvalue weighted by Gasteiger charge is 2.30. The largest absolute Gasteiger partial charge is 0.307 e. The molecule has 1 saturated carbocycles. The van der Waals surface area contributed by atoms with E-state index in [0.717, 1.165) is 12.1 Å². The van der Waals surface area contributed by atoms with Crippen LogP contribution in [0.2, 0.25) is 10.0 Å². The average molecular weight is 244 g/mol. The molecule has 1 aliphatic rings. The second-order valence-electron chi connectivity index (χ2n) is 4.48. The van der Waals surface area contributed by atoms with E-state index < -0.39 is 0 Å². The van der Waals surface area contributed by atoms with Crippen molar-refractivity contribution in [2.75, 3.05) is 0 Å². The lowest BCUT2D eigenvalue weighted by Gasteiger charge is -2.39. The molecule has 0 atom stereocenters. The van der Waals surface area contributed by atoms with Gasteiger partial charge >= 0.3 is 0 Å². The summed E-state index contributed by atoms with van der Waals surface area (Å²) < 4.78 is 0. The van der Waals surface area contributed by atoms with Gasteiger partial charge in [0.25, 0.3) is 0 Å². The zero-order valence-corrected chi connectivity index (χ0v) is 10.3. The Morgan fingerprint density at radius 3 is 2.67 bits per heavy atom. The van der Waals surface area contributed by atoms with E-state index in [1.807, 2.05) is 18.2 Å². The van der Waals surface area contributed by atoms with E-state index in [0.29, 0.717) is 15.6 Å². The van der Waals surface area contributed by atoms with Crippen LogP contribution in [0.1, 0.15) is 31.7 Å². The average Bonchev–Trinajstić information content (AvgIpc) is 2.17. The van der Waals surface area contributed by atoms with Crippen molar-refractivity contribution in [2.24, 2.45) is 0 Å². The molecule has 0 aromatic heterocycles. The SMILES string of the molecule is CC1(NCc2cccc(Cl)c2Cl)CCC1. The lowest BCUT2D eigenvalue weighted by atomic mass is 9.78. The zero-order valence-electron chi connectivity index (χ0n) is 8.82. The molecule has 1 nitrogen and oxygen atoms in total. The molecule has 0 bridgehead atoms. The molecule has 1 N–H and O–H groups in total. The predicted molar refractivity (Wildman–Crippen MR) is 65.6 cm³/mol. The summed E-state index contributed by atoms with van der Waals surface area (Å²) in [4.78, 5) is 0. The zero-order chi connectivity index (χ0) is 10.9. The molecule has 0 spiro atoms. The molecule has 0 heterocycles. The fraction of sp³-hybridized carbons (Fsp3) is 0.500. The smallest absolute Gasteiger partial charge is 0.0637 e. The van der Waals surface area contributed by atoms with Crippen molar-refractivity contribution in [3.8, 4) is 0 Å². The molecule has 0 unspecified atom stereocenters. The van der Waals surface area contributed by atoms with E-state index in [1.165, 1.54) is 19.3 Å². The number of nitrogens with one attached hydrogen (secondary N) is 1. The van der Waals surface area contributed by atoms with Crippen LogP contribution in [0.4, 0.5) is 0 Å². The predicted octanol–water partition coefficient (Wildman–Crippen LogP) is 4.03. The number of halogens is 2. The first-order valence-electron chi connectivity index (χ1n) is 5.29. The topological polar surface area (TPSA) is 12.0 Å². The van der Waals surface area contributed by atoms with Gasteiger partial charge in [0.2, 0.25) is 0 Å². The third-order valence-electron chi connectivity index (χ3n) is 3.19. The molecule has 0 amide bonds. The van der Waals surface area contributed by atoms with Crippen LogP contribution < -0.4 is 5.32 Å². The molecule has 1 fully saturated rings. The van der Waals surface area contributed by atoms with Crippen molar-refractivity contribution in [2.45, 2.75) is 38.3 Å². The molecule has 0 radical (unpaired) electrons. The van der Waals surface area contributed by atoms with Crippen molar-refractivity contribution >= 4 is 23.2 Å². The maximum Gasteiger partial charge on any atom is 0.0637 e. The summed E-state index contributed by atoms with van der Waals surface area (Å²) in [5.74, 6) is 0. The normalized spacial score (nSPS) is 18.6. The van der Waals surface area contributed by atoms with Crippen LogP contribution >= 0.6 is 23.2 Å². The van der Waals surface area contributed by atoms with Gasteiger partial charge in [-0.2, -0.15) is 0 Å². The molecule has 1 aliphatic carbocycles. The number of hydrogen-bond donors (Lipinski definition) is 1. The molecule has 0 aliphatic heterocycles. The van der Waals surface area contributed by atoms with Gasteiger partial charge in [-0.1, -0.05) is 35.3 Å². The Morgan fingerprint density at radius 1 is 1.33 bits per heavy atom. The molecule has 3 heteroatoms. The van der Waals surface area contributed by atoms with Crippen LogP contribution in [0.5, 0.6) is 0 Å². The number of rotatable bonds is 3. The Kier molecular flexibility index (Phi) is 3.24. The van der Waals surface area contributed by atoms with Gasteiger partial charge in [0.15, 0.2) is 0 Å². The van der Waals surface area contributed by atoms with Gasteiger partial charge in [-0.25, -0.2) is 0 Å². The van der Waals surface area contributed by atoms with Gasteiger partial charge in [0.05, 0.1) is 10.0 Å². The van der Waals surface area contributed by atoms with Crippen LogP contribution in [0.15, 0.2) is 18.2 Å². The summed E-state index contributed by atoms with van der Waals surface area (Å²) in [5.41, 5.74) is 1.39. The molecule has 0 saturated heterocycles. The third kappa shape index (κ3) is 2.47. The third-order valence-corrected chi connectivity index (χ3v) is 4.05. The summed E-state index contributed by atoms with van der Waals surface area (Å²) in [6.45, 7) is 3.06. The second-order valence-corrected chi connectivity index (χ2v) is 5.27. The summed E-state index contributed by atoms with van der Waals surface area (Å²) in [6, 6.07) is 5.77. The van der Waals surface area contributed by atoms with Crippen LogP contribution in [0, 0.1) is 0 Å². The highest BCUT2D eigenvalue weighted by molar-refractivity contribution is 6.42. The first kappa shape index (κ1) is 11.3. The van der Waals surface area contributed by atoms with Crippen molar-refractivity contribution in [1.82, 2.24) is 5.32 Å². The Hall–Kier alpha value is -0.240. The van der Waals surface area contributed by atoms with E-state index >= 15 is 0 Å². The van der Waals surface area contributed by atoms with Gasteiger partial charge in [-0.05, 0) is 37.8 Å². The van der Waals surface area contributed by atoms with Gasteiger partial charge in [0, 0.05) is 12.1 Å². The Labute approximate surface area is 101 Å². The number of benzene rings is 1. The van der Waals surface area contributed by atoms with Crippen molar-refractivity contribution in [3.63, 3.8) is 0 Å². The summed E-state index contributed by atoms with van der Waals surface area (Å²) in [7, 11) is 0. The molecular formula is C12H15Cl2N. The maximum atomic E-state index is 6.11. The Bertz CT molecular complexity index is 359. The van der Waals surface area contributed by atoms with Crippen molar-refractivity contribution in [3.05, 3.63) is 33.8 Å². The van der Waals surface area contributed by atoms with E-state index in [4.69, 9.17) is 23.2 Å². The van der Waals surface area contributed by atoms with Crippen molar-refractivity contribution in [1.29, 1.82) is 0 Å². The summed E-state index contributed by atoms with van der Waals surface area (Å²) in [6.07, 6.45) is 3.84.